The van der Waals surface area contributed by atoms with Crippen LogP contribution in [0.4, 0.5) is 17.1 Å². The zero-order valence-corrected chi connectivity index (χ0v) is 17.0. The number of aliphatic imine (C=N–C) groups is 1. The first-order valence-corrected chi connectivity index (χ1v) is 9.43. The van der Waals surface area contributed by atoms with Gasteiger partial charge in [-0.2, -0.15) is 0 Å². The summed E-state index contributed by atoms with van der Waals surface area (Å²) in [6, 6.07) is 14.8. The molecule has 0 aliphatic carbocycles. The van der Waals surface area contributed by atoms with Crippen molar-refractivity contribution in [3.8, 4) is 0 Å². The molecule has 1 unspecified atom stereocenters. The number of nitrogens with one attached hydrogen (secondary N) is 1. The van der Waals surface area contributed by atoms with Crippen LogP contribution in [0.2, 0.25) is 5.02 Å². The number of rotatable bonds is 5. The van der Waals surface area contributed by atoms with Gasteiger partial charge in [-0.1, -0.05) is 29.8 Å². The highest BCUT2D eigenvalue weighted by Gasteiger charge is 2.36. The van der Waals surface area contributed by atoms with E-state index in [-0.39, 0.29) is 11.7 Å². The van der Waals surface area contributed by atoms with Crippen LogP contribution in [0.5, 0.6) is 0 Å². The van der Waals surface area contributed by atoms with Crippen LogP contribution in [-0.2, 0) is 4.79 Å². The van der Waals surface area contributed by atoms with Crippen LogP contribution in [0.3, 0.4) is 0 Å². The molecule has 7 heteroatoms. The predicted octanol–water partition coefficient (Wildman–Crippen LogP) is 3.68. The molecule has 0 aromatic heterocycles. The van der Waals surface area contributed by atoms with Crippen LogP contribution in [-0.4, -0.2) is 57.1 Å². The van der Waals surface area contributed by atoms with Crippen LogP contribution in [0, 0.1) is 11.3 Å². The Morgan fingerprint density at radius 2 is 1.89 bits per heavy atom. The van der Waals surface area contributed by atoms with Gasteiger partial charge in [0.05, 0.1) is 17.9 Å². The molecule has 0 bridgehead atoms. The summed E-state index contributed by atoms with van der Waals surface area (Å²) in [7, 11) is 5.73. The highest BCUT2D eigenvalue weighted by Crippen LogP contribution is 2.40. The number of fused-ring (bicyclic) bond motifs is 1. The molecule has 1 aliphatic heterocycles. The molecule has 2 aromatic rings. The van der Waals surface area contributed by atoms with Crippen molar-refractivity contribution in [1.29, 1.82) is 5.41 Å². The average Bonchev–Trinajstić information content (AvgIpc) is 2.74. The number of likely N-dealkylation sites (N-methyl/N-ethyl adjacent to an activating group) is 1. The predicted molar refractivity (Wildman–Crippen MR) is 117 cm³/mol. The summed E-state index contributed by atoms with van der Waals surface area (Å²) in [5.41, 5.74) is 2.13. The maximum absolute atomic E-state index is 13.5. The fourth-order valence-corrected chi connectivity index (χ4v) is 3.25. The van der Waals surface area contributed by atoms with E-state index >= 15 is 0 Å². The van der Waals surface area contributed by atoms with Gasteiger partial charge in [-0.15, -0.1) is 0 Å². The second-order valence-corrected chi connectivity index (χ2v) is 7.36. The molecule has 6 nitrogen and oxygen atoms in total. The molecule has 3 rings (SSSR count). The maximum atomic E-state index is 13.5. The number of halogens is 1. The minimum Gasteiger partial charge on any atom is -0.331 e. The molecule has 0 saturated heterocycles. The second-order valence-electron chi connectivity index (χ2n) is 6.92. The lowest BCUT2D eigenvalue weighted by atomic mass is 10.1. The Hall–Kier alpha value is -2.70. The van der Waals surface area contributed by atoms with Gasteiger partial charge in [0.1, 0.15) is 11.8 Å². The number of amides is 1. The Kier molecular flexibility index (Phi) is 6.11. The average molecular weight is 398 g/mol. The number of nitrogens with zero attached hydrogens (tertiary/aromatic N) is 4. The number of hydrogen-bond donors (Lipinski definition) is 1. The lowest BCUT2D eigenvalue weighted by molar-refractivity contribution is -0.118. The Bertz CT molecular complexity index is 897. The molecule has 28 heavy (non-hydrogen) atoms. The van der Waals surface area contributed by atoms with Crippen molar-refractivity contribution in [2.45, 2.75) is 0 Å². The van der Waals surface area contributed by atoms with Gasteiger partial charge in [-0.05, 0) is 44.4 Å². The summed E-state index contributed by atoms with van der Waals surface area (Å²) in [5, 5.41) is 9.16. The summed E-state index contributed by atoms with van der Waals surface area (Å²) < 4.78 is 0. The third-order valence-corrected chi connectivity index (χ3v) is 4.86. The standard InChI is InChI=1S/C21H24ClN5O/c1-25(2)12-11-24-14-17-20(23)26(3)18-10-9-15(22)13-19(18)27(21(17)28)16-7-5-4-6-8-16/h4-10,13-14,17,23H,11-12H2,1-3H3. The van der Waals surface area contributed by atoms with Crippen LogP contribution in [0.1, 0.15) is 0 Å². The summed E-state index contributed by atoms with van der Waals surface area (Å²) in [6.07, 6.45) is 1.59. The van der Waals surface area contributed by atoms with E-state index in [4.69, 9.17) is 17.0 Å². The van der Waals surface area contributed by atoms with E-state index in [9.17, 15) is 4.79 Å². The first-order valence-electron chi connectivity index (χ1n) is 9.05. The fourth-order valence-electron chi connectivity index (χ4n) is 3.09. The molecule has 1 amide bonds. The topological polar surface area (TPSA) is 63.0 Å². The van der Waals surface area contributed by atoms with E-state index < -0.39 is 5.92 Å². The summed E-state index contributed by atoms with van der Waals surface area (Å²) in [5.74, 6) is -0.822. The molecule has 1 aliphatic rings. The number of carbonyl (C=O) groups excluding carboxylic acids is 1. The molecule has 1 atom stereocenters. The molecule has 0 radical (unpaired) electrons. The first-order chi connectivity index (χ1) is 13.4. The van der Waals surface area contributed by atoms with Crippen molar-refractivity contribution in [2.75, 3.05) is 44.0 Å². The Balaban J connectivity index is 2.07. The minimum atomic E-state index is -0.779. The number of para-hydroxylation sites is 1. The minimum absolute atomic E-state index is 0.181. The maximum Gasteiger partial charge on any atom is 0.247 e. The molecule has 1 heterocycles. The Morgan fingerprint density at radius 3 is 2.57 bits per heavy atom. The van der Waals surface area contributed by atoms with Crippen molar-refractivity contribution in [3.05, 3.63) is 53.6 Å². The summed E-state index contributed by atoms with van der Waals surface area (Å²) in [4.78, 5) is 23.3. The van der Waals surface area contributed by atoms with E-state index in [1.165, 1.54) is 0 Å². The van der Waals surface area contributed by atoms with Crippen LogP contribution >= 0.6 is 11.6 Å². The van der Waals surface area contributed by atoms with Gasteiger partial charge < -0.3 is 9.80 Å². The Morgan fingerprint density at radius 1 is 1.18 bits per heavy atom. The first kappa shape index (κ1) is 20.0. The van der Waals surface area contributed by atoms with E-state index in [1.54, 1.807) is 35.2 Å². The number of hydrogen-bond acceptors (Lipinski definition) is 4. The van der Waals surface area contributed by atoms with Crippen molar-refractivity contribution < 1.29 is 4.79 Å². The van der Waals surface area contributed by atoms with Crippen molar-refractivity contribution in [3.63, 3.8) is 0 Å². The molecule has 0 spiro atoms. The lowest BCUT2D eigenvalue weighted by Crippen LogP contribution is -2.40. The molecular formula is C21H24ClN5O. The van der Waals surface area contributed by atoms with Crippen LogP contribution in [0.15, 0.2) is 53.5 Å². The van der Waals surface area contributed by atoms with Gasteiger partial charge in [0.25, 0.3) is 0 Å². The lowest BCUT2D eigenvalue weighted by Gasteiger charge is -2.24. The van der Waals surface area contributed by atoms with Gasteiger partial charge in [0, 0.05) is 30.5 Å². The third kappa shape index (κ3) is 4.08. The highest BCUT2D eigenvalue weighted by molar-refractivity contribution is 6.32. The smallest absolute Gasteiger partial charge is 0.247 e. The molecule has 2 aromatic carbocycles. The number of benzene rings is 2. The van der Waals surface area contributed by atoms with Gasteiger partial charge in [0.2, 0.25) is 5.91 Å². The number of carbonyl (C=O) groups is 1. The molecule has 0 fully saturated rings. The van der Waals surface area contributed by atoms with Crippen molar-refractivity contribution >= 4 is 46.6 Å². The van der Waals surface area contributed by atoms with E-state index in [2.05, 4.69) is 4.99 Å². The SMILES string of the molecule is CN(C)CCN=CC1C(=N)N(C)c2ccc(Cl)cc2N(c2ccccc2)C1=O. The zero-order chi connectivity index (χ0) is 20.3. The highest BCUT2D eigenvalue weighted by atomic mass is 35.5. The quantitative estimate of drug-likeness (QED) is 0.783. The largest absolute Gasteiger partial charge is 0.331 e. The fraction of sp³-hybridized carbons (Fsp3) is 0.286. The van der Waals surface area contributed by atoms with Gasteiger partial charge in [-0.25, -0.2) is 0 Å². The van der Waals surface area contributed by atoms with E-state index in [1.807, 2.05) is 55.4 Å². The monoisotopic (exact) mass is 397 g/mol. The van der Waals surface area contributed by atoms with Crippen molar-refractivity contribution in [1.82, 2.24) is 4.90 Å². The van der Waals surface area contributed by atoms with Gasteiger partial charge in [-0.3, -0.25) is 20.1 Å². The summed E-state index contributed by atoms with van der Waals surface area (Å²) >= 11 is 6.24. The second kappa shape index (κ2) is 8.54. The number of anilines is 3. The molecular weight excluding hydrogens is 374 g/mol. The van der Waals surface area contributed by atoms with Gasteiger partial charge >= 0.3 is 0 Å². The van der Waals surface area contributed by atoms with Crippen molar-refractivity contribution in [2.24, 2.45) is 10.9 Å². The molecule has 146 valence electrons. The molecule has 1 N–H and O–H groups in total. The molecule has 0 saturated carbocycles. The third-order valence-electron chi connectivity index (χ3n) is 4.63. The van der Waals surface area contributed by atoms with Crippen LogP contribution < -0.4 is 9.80 Å². The number of amidine groups is 1. The van der Waals surface area contributed by atoms with Gasteiger partial charge in [0.15, 0.2) is 0 Å². The van der Waals surface area contributed by atoms with E-state index in [0.29, 0.717) is 17.3 Å². The van der Waals surface area contributed by atoms with Crippen LogP contribution in [0.25, 0.3) is 0 Å². The summed E-state index contributed by atoms with van der Waals surface area (Å²) in [6.45, 7) is 1.34. The van der Waals surface area contributed by atoms with E-state index in [0.717, 1.165) is 17.9 Å². The normalized spacial score (nSPS) is 17.4. The Labute approximate surface area is 170 Å². The zero-order valence-electron chi connectivity index (χ0n) is 16.3.